The lowest BCUT2D eigenvalue weighted by molar-refractivity contribution is -0.142. The standard InChI is InChI=1S/C22H23NO5/c1-3-27-20(24)14-19(15-21(25)28-4-2)23-18-12-10-17(11-13-18)22(26)16-8-6-5-7-9-16/h5-14,23H,3-4,15H2,1-2H3. The van der Waals surface area contributed by atoms with Crippen molar-refractivity contribution in [2.24, 2.45) is 0 Å². The number of hydrogen-bond donors (Lipinski definition) is 1. The third-order valence-electron chi connectivity index (χ3n) is 3.71. The molecule has 0 heterocycles. The van der Waals surface area contributed by atoms with E-state index in [1.54, 1.807) is 50.2 Å². The first-order valence-corrected chi connectivity index (χ1v) is 9.03. The summed E-state index contributed by atoms with van der Waals surface area (Å²) in [5.41, 5.74) is 2.12. The maximum Gasteiger partial charge on any atom is 0.332 e. The lowest BCUT2D eigenvalue weighted by Gasteiger charge is -2.11. The van der Waals surface area contributed by atoms with Gasteiger partial charge in [0.1, 0.15) is 0 Å². The van der Waals surface area contributed by atoms with E-state index in [0.717, 1.165) is 0 Å². The third-order valence-corrected chi connectivity index (χ3v) is 3.71. The van der Waals surface area contributed by atoms with Gasteiger partial charge in [-0.25, -0.2) is 4.79 Å². The average Bonchev–Trinajstić information content (AvgIpc) is 2.69. The molecule has 6 heteroatoms. The van der Waals surface area contributed by atoms with Crippen molar-refractivity contribution in [3.63, 3.8) is 0 Å². The van der Waals surface area contributed by atoms with Crippen molar-refractivity contribution >= 4 is 23.4 Å². The van der Waals surface area contributed by atoms with Gasteiger partial charge in [0.15, 0.2) is 5.78 Å². The molecular weight excluding hydrogens is 358 g/mol. The van der Waals surface area contributed by atoms with Crippen LogP contribution in [0.1, 0.15) is 36.2 Å². The first-order valence-electron chi connectivity index (χ1n) is 9.03. The van der Waals surface area contributed by atoms with E-state index in [0.29, 0.717) is 22.5 Å². The van der Waals surface area contributed by atoms with Crippen molar-refractivity contribution in [1.29, 1.82) is 0 Å². The molecule has 0 aromatic heterocycles. The summed E-state index contributed by atoms with van der Waals surface area (Å²) >= 11 is 0. The van der Waals surface area contributed by atoms with Crippen molar-refractivity contribution in [2.45, 2.75) is 20.3 Å². The Bertz CT molecular complexity index is 841. The minimum atomic E-state index is -0.551. The van der Waals surface area contributed by atoms with Gasteiger partial charge in [-0.3, -0.25) is 9.59 Å². The van der Waals surface area contributed by atoms with Crippen molar-refractivity contribution in [2.75, 3.05) is 18.5 Å². The number of hydrogen-bond acceptors (Lipinski definition) is 6. The Morgan fingerprint density at radius 1 is 0.857 bits per heavy atom. The molecule has 6 nitrogen and oxygen atoms in total. The van der Waals surface area contributed by atoms with E-state index in [1.165, 1.54) is 6.08 Å². The molecule has 0 amide bonds. The first-order chi connectivity index (χ1) is 13.5. The summed E-state index contributed by atoms with van der Waals surface area (Å²) in [5.74, 6) is -1.09. The van der Waals surface area contributed by atoms with E-state index in [1.807, 2.05) is 18.2 Å². The van der Waals surface area contributed by atoms with Crippen molar-refractivity contribution < 1.29 is 23.9 Å². The highest BCUT2D eigenvalue weighted by atomic mass is 16.5. The summed E-state index contributed by atoms with van der Waals surface area (Å²) in [5, 5.41) is 3.01. The Morgan fingerprint density at radius 2 is 1.46 bits per heavy atom. The van der Waals surface area contributed by atoms with Gasteiger partial charge in [-0.05, 0) is 38.1 Å². The highest BCUT2D eigenvalue weighted by molar-refractivity contribution is 6.09. The van der Waals surface area contributed by atoms with E-state index in [9.17, 15) is 14.4 Å². The molecule has 1 N–H and O–H groups in total. The van der Waals surface area contributed by atoms with Gasteiger partial charge in [0.25, 0.3) is 0 Å². The maximum absolute atomic E-state index is 12.5. The van der Waals surface area contributed by atoms with Crippen LogP contribution in [0.25, 0.3) is 0 Å². The molecule has 0 aliphatic rings. The van der Waals surface area contributed by atoms with E-state index in [2.05, 4.69) is 5.32 Å². The van der Waals surface area contributed by atoms with Crippen molar-refractivity contribution in [3.8, 4) is 0 Å². The Kier molecular flexibility index (Phi) is 7.96. The SMILES string of the molecule is CCOC(=O)C=C(CC(=O)OCC)Nc1ccc(C(=O)c2ccccc2)cc1. The summed E-state index contributed by atoms with van der Waals surface area (Å²) in [7, 11) is 0. The highest BCUT2D eigenvalue weighted by Gasteiger charge is 2.12. The van der Waals surface area contributed by atoms with Crippen LogP contribution in [0.2, 0.25) is 0 Å². The van der Waals surface area contributed by atoms with Crippen LogP contribution in [0.5, 0.6) is 0 Å². The van der Waals surface area contributed by atoms with E-state index >= 15 is 0 Å². The van der Waals surface area contributed by atoms with Gasteiger partial charge in [-0.15, -0.1) is 0 Å². The van der Waals surface area contributed by atoms with Crippen LogP contribution >= 0.6 is 0 Å². The predicted octanol–water partition coefficient (Wildman–Crippen LogP) is 3.73. The lowest BCUT2D eigenvalue weighted by Crippen LogP contribution is -2.12. The zero-order valence-electron chi connectivity index (χ0n) is 15.9. The second-order valence-corrected chi connectivity index (χ2v) is 5.80. The molecule has 0 saturated carbocycles. The summed E-state index contributed by atoms with van der Waals surface area (Å²) < 4.78 is 9.83. The van der Waals surface area contributed by atoms with Crippen LogP contribution in [0.15, 0.2) is 66.4 Å². The van der Waals surface area contributed by atoms with E-state index in [4.69, 9.17) is 9.47 Å². The second kappa shape index (κ2) is 10.7. The van der Waals surface area contributed by atoms with E-state index in [-0.39, 0.29) is 25.4 Å². The average molecular weight is 381 g/mol. The zero-order valence-corrected chi connectivity index (χ0v) is 15.9. The molecule has 2 rings (SSSR count). The summed E-state index contributed by atoms with van der Waals surface area (Å²) in [6, 6.07) is 15.8. The van der Waals surface area contributed by atoms with Crippen molar-refractivity contribution in [1.82, 2.24) is 0 Å². The Hall–Kier alpha value is -3.41. The number of carbonyl (C=O) groups excluding carboxylic acids is 3. The number of ether oxygens (including phenoxy) is 2. The van der Waals surface area contributed by atoms with Gasteiger partial charge in [0.2, 0.25) is 0 Å². The summed E-state index contributed by atoms with van der Waals surface area (Å²) in [6.07, 6.45) is 1.13. The molecule has 0 aliphatic carbocycles. The minimum absolute atomic E-state index is 0.0824. The number of ketones is 1. The second-order valence-electron chi connectivity index (χ2n) is 5.80. The monoisotopic (exact) mass is 381 g/mol. The molecule has 0 saturated heterocycles. The van der Waals surface area contributed by atoms with Gasteiger partial charge in [-0.1, -0.05) is 30.3 Å². The number of carbonyl (C=O) groups is 3. The molecule has 2 aromatic rings. The van der Waals surface area contributed by atoms with Crippen LogP contribution in [0.4, 0.5) is 5.69 Å². The number of esters is 2. The minimum Gasteiger partial charge on any atom is -0.466 e. The molecule has 0 spiro atoms. The van der Waals surface area contributed by atoms with E-state index < -0.39 is 11.9 Å². The Morgan fingerprint density at radius 3 is 2.07 bits per heavy atom. The Labute approximate surface area is 164 Å². The first kappa shape index (κ1) is 20.9. The topological polar surface area (TPSA) is 81.7 Å². The normalized spacial score (nSPS) is 10.9. The zero-order chi connectivity index (χ0) is 20.4. The van der Waals surface area contributed by atoms with Crippen LogP contribution in [0, 0.1) is 0 Å². The lowest BCUT2D eigenvalue weighted by atomic mass is 10.0. The predicted molar refractivity (Wildman–Crippen MR) is 106 cm³/mol. The van der Waals surface area contributed by atoms with Crippen LogP contribution in [-0.2, 0) is 19.1 Å². The van der Waals surface area contributed by atoms with Crippen molar-refractivity contribution in [3.05, 3.63) is 77.5 Å². The fourth-order valence-corrected chi connectivity index (χ4v) is 2.47. The molecule has 0 bridgehead atoms. The van der Waals surface area contributed by atoms with Gasteiger partial charge >= 0.3 is 11.9 Å². The number of anilines is 1. The maximum atomic E-state index is 12.5. The molecular formula is C22H23NO5. The van der Waals surface area contributed by atoms with Gasteiger partial charge < -0.3 is 14.8 Å². The van der Waals surface area contributed by atoms with Gasteiger partial charge in [-0.2, -0.15) is 0 Å². The van der Waals surface area contributed by atoms with Crippen LogP contribution in [-0.4, -0.2) is 30.9 Å². The van der Waals surface area contributed by atoms with Crippen LogP contribution < -0.4 is 5.32 Å². The van der Waals surface area contributed by atoms with Gasteiger partial charge in [0, 0.05) is 28.6 Å². The molecule has 0 radical (unpaired) electrons. The number of benzene rings is 2. The van der Waals surface area contributed by atoms with Crippen LogP contribution in [0.3, 0.4) is 0 Å². The molecule has 0 atom stereocenters. The number of rotatable bonds is 9. The fraction of sp³-hybridized carbons (Fsp3) is 0.227. The molecule has 146 valence electrons. The molecule has 2 aromatic carbocycles. The molecule has 28 heavy (non-hydrogen) atoms. The fourth-order valence-electron chi connectivity index (χ4n) is 2.47. The number of nitrogens with one attached hydrogen (secondary N) is 1. The van der Waals surface area contributed by atoms with Gasteiger partial charge in [0.05, 0.1) is 19.6 Å². The summed E-state index contributed by atoms with van der Waals surface area (Å²) in [6.45, 7) is 3.90. The quantitative estimate of drug-likeness (QED) is 0.405. The molecule has 0 aliphatic heterocycles. The Balaban J connectivity index is 2.14. The smallest absolute Gasteiger partial charge is 0.332 e. The third kappa shape index (κ3) is 6.39. The highest BCUT2D eigenvalue weighted by Crippen LogP contribution is 2.17. The molecule has 0 unspecified atom stereocenters. The summed E-state index contributed by atoms with van der Waals surface area (Å²) in [4.78, 5) is 36.0. The largest absolute Gasteiger partial charge is 0.466 e. The molecule has 0 fully saturated rings.